The average molecular weight is 570 g/mol. The number of carbonyl (C=O) groups is 2. The van der Waals surface area contributed by atoms with Gasteiger partial charge in [0.15, 0.2) is 0 Å². The maximum atomic E-state index is 13.9. The molecule has 3 aromatic rings. The van der Waals surface area contributed by atoms with Gasteiger partial charge in [-0.3, -0.25) is 9.59 Å². The third-order valence-electron chi connectivity index (χ3n) is 6.23. The number of ketones is 1. The monoisotopic (exact) mass is 569 g/mol. The van der Waals surface area contributed by atoms with Gasteiger partial charge in [0.25, 0.3) is 5.91 Å². The van der Waals surface area contributed by atoms with Crippen molar-refractivity contribution < 1.29 is 22.8 Å². The number of allylic oxidation sites excluding steroid dienone is 4. The Morgan fingerprint density at radius 1 is 1.10 bits per heavy atom. The first-order chi connectivity index (χ1) is 19.1. The Hall–Kier alpha value is -4.18. The number of hydrogen-bond acceptors (Lipinski definition) is 6. The lowest BCUT2D eigenvalue weighted by Gasteiger charge is -2.22. The van der Waals surface area contributed by atoms with E-state index in [4.69, 9.17) is 11.6 Å². The molecule has 40 heavy (non-hydrogen) atoms. The number of alkyl halides is 3. The number of carbonyl (C=O) groups excluding carboxylic acids is 2. The van der Waals surface area contributed by atoms with Crippen LogP contribution in [0.3, 0.4) is 0 Å². The van der Waals surface area contributed by atoms with Crippen molar-refractivity contribution in [3.05, 3.63) is 88.7 Å². The van der Waals surface area contributed by atoms with Crippen molar-refractivity contribution in [3.8, 4) is 11.1 Å². The molecule has 4 rings (SSSR count). The van der Waals surface area contributed by atoms with Gasteiger partial charge in [0.2, 0.25) is 5.95 Å². The van der Waals surface area contributed by atoms with Crippen molar-refractivity contribution >= 4 is 40.7 Å². The Kier molecular flexibility index (Phi) is 8.89. The maximum Gasteiger partial charge on any atom is 0.421 e. The van der Waals surface area contributed by atoms with Gasteiger partial charge in [0.1, 0.15) is 17.2 Å². The van der Waals surface area contributed by atoms with Crippen LogP contribution in [0.1, 0.15) is 42.6 Å². The molecule has 1 heterocycles. The number of Topliss-reactive ketones (excluding diaryl/α,β-unsaturated/α-hetero) is 1. The summed E-state index contributed by atoms with van der Waals surface area (Å²) in [7, 11) is 0. The van der Waals surface area contributed by atoms with Crippen LogP contribution in [0.25, 0.3) is 11.1 Å². The summed E-state index contributed by atoms with van der Waals surface area (Å²) in [5.41, 5.74) is 1.17. The molecule has 0 radical (unpaired) electrons. The van der Waals surface area contributed by atoms with Crippen LogP contribution in [0.5, 0.6) is 0 Å². The number of aromatic nitrogens is 2. The van der Waals surface area contributed by atoms with E-state index in [2.05, 4.69) is 25.9 Å². The summed E-state index contributed by atoms with van der Waals surface area (Å²) in [4.78, 5) is 32.8. The van der Waals surface area contributed by atoms with Gasteiger partial charge in [-0.25, -0.2) is 4.98 Å². The second kappa shape index (κ2) is 12.3. The number of nitrogens with one attached hydrogen (secondary N) is 3. The average Bonchev–Trinajstić information content (AvgIpc) is 2.92. The Labute approximate surface area is 234 Å². The third-order valence-corrected chi connectivity index (χ3v) is 6.56. The van der Waals surface area contributed by atoms with E-state index < -0.39 is 23.5 Å². The van der Waals surface area contributed by atoms with Crippen molar-refractivity contribution in [3.63, 3.8) is 0 Å². The first-order valence-electron chi connectivity index (χ1n) is 12.6. The van der Waals surface area contributed by atoms with Gasteiger partial charge in [-0.15, -0.1) is 0 Å². The van der Waals surface area contributed by atoms with E-state index in [0.29, 0.717) is 52.3 Å². The number of halogens is 4. The van der Waals surface area contributed by atoms with Crippen molar-refractivity contribution in [2.45, 2.75) is 32.9 Å². The first kappa shape index (κ1) is 28.8. The van der Waals surface area contributed by atoms with E-state index in [1.54, 1.807) is 60.7 Å². The summed E-state index contributed by atoms with van der Waals surface area (Å²) in [6.45, 7) is 3.84. The van der Waals surface area contributed by atoms with Crippen molar-refractivity contribution in [1.29, 1.82) is 0 Å². The SMILES string of the molecule is CCCNC(=O)c1ccc(Nc2ncc(C(F)(F)F)c(NC3=CC=CCC3C(C)=O)n2)c(-c2ccccc2Cl)c1. The normalized spacial score (nSPS) is 14.8. The van der Waals surface area contributed by atoms with Crippen molar-refractivity contribution in [1.82, 2.24) is 15.3 Å². The fraction of sp³-hybridized carbons (Fsp3) is 0.241. The Balaban J connectivity index is 1.75. The van der Waals surface area contributed by atoms with Crippen LogP contribution in [0, 0.1) is 5.92 Å². The molecule has 1 aromatic heterocycles. The smallest absolute Gasteiger partial charge is 0.352 e. The van der Waals surface area contributed by atoms with Gasteiger partial charge < -0.3 is 16.0 Å². The predicted molar refractivity (Wildman–Crippen MR) is 149 cm³/mol. The minimum Gasteiger partial charge on any atom is -0.352 e. The molecule has 1 aliphatic rings. The number of hydrogen-bond donors (Lipinski definition) is 3. The lowest BCUT2D eigenvalue weighted by atomic mass is 9.93. The Morgan fingerprint density at radius 3 is 2.58 bits per heavy atom. The third kappa shape index (κ3) is 6.69. The molecule has 3 N–H and O–H groups in total. The molecule has 0 aliphatic heterocycles. The molecule has 0 saturated heterocycles. The summed E-state index contributed by atoms with van der Waals surface area (Å²) in [5, 5.41) is 8.93. The van der Waals surface area contributed by atoms with Gasteiger partial charge >= 0.3 is 6.18 Å². The standard InChI is InChI=1S/C29H27ClF3N5O2/c1-3-14-34-27(40)18-12-13-25(21(15-18)20-9-4-6-10-23(20)30)37-28-35-16-22(29(31,32)33)26(38-28)36-24-11-7-5-8-19(24)17(2)39/h4-7,9-13,15-16,19H,3,8,14H2,1-2H3,(H,34,40)(H2,35,36,37,38). The second-order valence-corrected chi connectivity index (χ2v) is 9.56. The minimum atomic E-state index is -4.74. The molecule has 2 aromatic carbocycles. The minimum absolute atomic E-state index is 0.127. The number of amides is 1. The maximum absolute atomic E-state index is 13.9. The Morgan fingerprint density at radius 2 is 1.88 bits per heavy atom. The molecule has 0 spiro atoms. The van der Waals surface area contributed by atoms with E-state index in [-0.39, 0.29) is 17.6 Å². The fourth-order valence-electron chi connectivity index (χ4n) is 4.18. The molecule has 1 atom stereocenters. The second-order valence-electron chi connectivity index (χ2n) is 9.15. The van der Waals surface area contributed by atoms with Crippen LogP contribution >= 0.6 is 11.6 Å². The molecular formula is C29H27ClF3N5O2. The van der Waals surface area contributed by atoms with Crippen LogP contribution in [0.4, 0.5) is 30.6 Å². The van der Waals surface area contributed by atoms with Crippen molar-refractivity contribution in [2.75, 3.05) is 17.2 Å². The van der Waals surface area contributed by atoms with Crippen LogP contribution in [-0.2, 0) is 11.0 Å². The molecule has 1 unspecified atom stereocenters. The summed E-state index contributed by atoms with van der Waals surface area (Å²) >= 11 is 6.46. The van der Waals surface area contributed by atoms with Gasteiger partial charge in [-0.2, -0.15) is 18.2 Å². The molecule has 208 valence electrons. The molecule has 0 saturated carbocycles. The lowest BCUT2D eigenvalue weighted by Crippen LogP contribution is -2.24. The van der Waals surface area contributed by atoms with E-state index in [1.165, 1.54) is 6.92 Å². The van der Waals surface area contributed by atoms with Crippen LogP contribution in [0.2, 0.25) is 5.02 Å². The topological polar surface area (TPSA) is 96.0 Å². The number of benzene rings is 2. The molecule has 1 amide bonds. The number of nitrogens with zero attached hydrogens (tertiary/aromatic N) is 2. The van der Waals surface area contributed by atoms with Crippen LogP contribution in [-0.4, -0.2) is 28.2 Å². The number of anilines is 3. The molecule has 11 heteroatoms. The summed E-state index contributed by atoms with van der Waals surface area (Å²) < 4.78 is 41.6. The lowest BCUT2D eigenvalue weighted by molar-refractivity contribution is -0.137. The van der Waals surface area contributed by atoms with E-state index >= 15 is 0 Å². The Bertz CT molecular complexity index is 1490. The van der Waals surface area contributed by atoms with Crippen LogP contribution < -0.4 is 16.0 Å². The highest BCUT2D eigenvalue weighted by Crippen LogP contribution is 2.38. The van der Waals surface area contributed by atoms with E-state index in [0.717, 1.165) is 6.42 Å². The van der Waals surface area contributed by atoms with Crippen LogP contribution in [0.15, 0.2) is 72.6 Å². The zero-order valence-corrected chi connectivity index (χ0v) is 22.5. The van der Waals surface area contributed by atoms with Gasteiger partial charge in [0, 0.05) is 45.8 Å². The highest BCUT2D eigenvalue weighted by molar-refractivity contribution is 6.33. The summed E-state index contributed by atoms with van der Waals surface area (Å²) in [5.74, 6) is -1.69. The highest BCUT2D eigenvalue weighted by Gasteiger charge is 2.36. The molecule has 0 fully saturated rings. The van der Waals surface area contributed by atoms with Gasteiger partial charge in [0.05, 0.1) is 5.92 Å². The predicted octanol–water partition coefficient (Wildman–Crippen LogP) is 7.16. The highest BCUT2D eigenvalue weighted by atomic mass is 35.5. The first-order valence-corrected chi connectivity index (χ1v) is 13.0. The molecule has 7 nitrogen and oxygen atoms in total. The molecule has 1 aliphatic carbocycles. The zero-order chi connectivity index (χ0) is 28.9. The summed E-state index contributed by atoms with van der Waals surface area (Å²) in [6, 6.07) is 11.9. The zero-order valence-electron chi connectivity index (χ0n) is 21.8. The fourth-order valence-corrected chi connectivity index (χ4v) is 4.42. The van der Waals surface area contributed by atoms with Gasteiger partial charge in [-0.1, -0.05) is 48.9 Å². The molecular weight excluding hydrogens is 543 g/mol. The van der Waals surface area contributed by atoms with Gasteiger partial charge in [-0.05, 0) is 50.1 Å². The summed E-state index contributed by atoms with van der Waals surface area (Å²) in [6.07, 6.45) is 2.08. The van der Waals surface area contributed by atoms with E-state index in [9.17, 15) is 22.8 Å². The quantitative estimate of drug-likeness (QED) is 0.253. The number of rotatable bonds is 9. The van der Waals surface area contributed by atoms with E-state index in [1.807, 2.05) is 6.92 Å². The van der Waals surface area contributed by atoms with Crippen molar-refractivity contribution in [2.24, 2.45) is 5.92 Å². The molecule has 0 bridgehead atoms. The largest absolute Gasteiger partial charge is 0.421 e.